The molecule has 0 aliphatic rings. The second-order valence-electron chi connectivity index (χ2n) is 5.62. The van der Waals surface area contributed by atoms with Crippen LogP contribution < -0.4 is 4.74 Å². The highest BCUT2D eigenvalue weighted by Gasteiger charge is 2.15. The maximum atomic E-state index is 5.81. The number of hydrogen-bond acceptors (Lipinski definition) is 3. The first-order valence-electron chi connectivity index (χ1n) is 6.24. The summed E-state index contributed by atoms with van der Waals surface area (Å²) in [6.07, 6.45) is 1.57. The number of hydrogen-bond donors (Lipinski definition) is 0. The monoisotopic (exact) mass is 354 g/mol. The van der Waals surface area contributed by atoms with E-state index in [2.05, 4.69) is 58.8 Å². The molecule has 0 radical (unpaired) electrons. The second kappa shape index (κ2) is 5.70. The molecule has 1 aromatic heterocycles. The molecular weight excluding hydrogens is 340 g/mol. The molecule has 0 unspecified atom stereocenters. The van der Waals surface area contributed by atoms with Crippen LogP contribution in [0.15, 0.2) is 28.9 Å². The average Bonchev–Trinajstić information content (AvgIpc) is 2.35. The first kappa shape index (κ1) is 15.3. The molecule has 106 valence electrons. The SMILES string of the molecule is Cc1cc(C(C)(C)C)ccc1Oc1nc(Cl)ncc1Br. The maximum Gasteiger partial charge on any atom is 0.237 e. The van der Waals surface area contributed by atoms with E-state index in [0.717, 1.165) is 11.3 Å². The molecule has 0 saturated carbocycles. The van der Waals surface area contributed by atoms with Gasteiger partial charge >= 0.3 is 0 Å². The van der Waals surface area contributed by atoms with Crippen molar-refractivity contribution in [1.29, 1.82) is 0 Å². The van der Waals surface area contributed by atoms with Crippen LogP contribution in [0.4, 0.5) is 0 Å². The lowest BCUT2D eigenvalue weighted by atomic mass is 9.86. The molecule has 5 heteroatoms. The van der Waals surface area contributed by atoms with E-state index in [1.807, 2.05) is 13.0 Å². The normalized spacial score (nSPS) is 11.5. The molecule has 20 heavy (non-hydrogen) atoms. The number of benzene rings is 1. The number of ether oxygens (including phenoxy) is 1. The number of aromatic nitrogens is 2. The summed E-state index contributed by atoms with van der Waals surface area (Å²) in [6.45, 7) is 8.57. The lowest BCUT2D eigenvalue weighted by Gasteiger charge is -2.20. The molecule has 0 aliphatic heterocycles. The fourth-order valence-electron chi connectivity index (χ4n) is 1.74. The summed E-state index contributed by atoms with van der Waals surface area (Å²) in [6, 6.07) is 6.16. The number of nitrogens with zero attached hydrogens (tertiary/aromatic N) is 2. The summed E-state index contributed by atoms with van der Waals surface area (Å²) in [7, 11) is 0. The van der Waals surface area contributed by atoms with Gasteiger partial charge < -0.3 is 4.74 Å². The second-order valence-corrected chi connectivity index (χ2v) is 6.82. The molecule has 2 aromatic rings. The van der Waals surface area contributed by atoms with E-state index in [4.69, 9.17) is 16.3 Å². The Kier molecular flexibility index (Phi) is 4.35. The van der Waals surface area contributed by atoms with Gasteiger partial charge in [-0.3, -0.25) is 0 Å². The van der Waals surface area contributed by atoms with Crippen LogP contribution in [-0.2, 0) is 5.41 Å². The van der Waals surface area contributed by atoms with Gasteiger partial charge in [-0.05, 0) is 57.1 Å². The fourth-order valence-corrected chi connectivity index (χ4v) is 2.13. The summed E-state index contributed by atoms with van der Waals surface area (Å²) in [5.41, 5.74) is 2.43. The Morgan fingerprint density at radius 3 is 2.55 bits per heavy atom. The van der Waals surface area contributed by atoms with E-state index >= 15 is 0 Å². The van der Waals surface area contributed by atoms with Crippen LogP contribution in [-0.4, -0.2) is 9.97 Å². The van der Waals surface area contributed by atoms with E-state index in [0.29, 0.717) is 10.4 Å². The molecule has 1 heterocycles. The molecule has 0 bridgehead atoms. The molecule has 1 aromatic carbocycles. The third-order valence-corrected chi connectivity index (χ3v) is 3.66. The maximum absolute atomic E-state index is 5.81. The van der Waals surface area contributed by atoms with Crippen molar-refractivity contribution >= 4 is 27.5 Å². The Morgan fingerprint density at radius 1 is 1.25 bits per heavy atom. The van der Waals surface area contributed by atoms with Gasteiger partial charge in [-0.25, -0.2) is 4.98 Å². The van der Waals surface area contributed by atoms with E-state index in [1.54, 1.807) is 6.20 Å². The number of halogens is 2. The zero-order valence-electron chi connectivity index (χ0n) is 11.9. The minimum Gasteiger partial charge on any atom is -0.437 e. The predicted molar refractivity (Wildman–Crippen MR) is 84.7 cm³/mol. The van der Waals surface area contributed by atoms with Crippen molar-refractivity contribution in [2.45, 2.75) is 33.1 Å². The van der Waals surface area contributed by atoms with Gasteiger partial charge in [0.05, 0.1) is 4.47 Å². The van der Waals surface area contributed by atoms with Gasteiger partial charge in [0, 0.05) is 6.20 Å². The lowest BCUT2D eigenvalue weighted by molar-refractivity contribution is 0.453. The van der Waals surface area contributed by atoms with Crippen LogP contribution >= 0.6 is 27.5 Å². The van der Waals surface area contributed by atoms with E-state index in [9.17, 15) is 0 Å². The molecular formula is C15H16BrClN2O. The van der Waals surface area contributed by atoms with Gasteiger partial charge in [0.25, 0.3) is 0 Å². The molecule has 2 rings (SSSR count). The van der Waals surface area contributed by atoms with Crippen LogP contribution in [0, 0.1) is 6.92 Å². The van der Waals surface area contributed by atoms with Crippen LogP contribution in [0.25, 0.3) is 0 Å². The van der Waals surface area contributed by atoms with Gasteiger partial charge in [0.2, 0.25) is 11.2 Å². The van der Waals surface area contributed by atoms with Crippen LogP contribution in [0.5, 0.6) is 11.6 Å². The topological polar surface area (TPSA) is 35.0 Å². The summed E-state index contributed by atoms with van der Waals surface area (Å²) in [5.74, 6) is 1.17. The number of aryl methyl sites for hydroxylation is 1. The Hall–Kier alpha value is -1.13. The summed E-state index contributed by atoms with van der Waals surface area (Å²) >= 11 is 9.13. The largest absolute Gasteiger partial charge is 0.437 e. The summed E-state index contributed by atoms with van der Waals surface area (Å²) < 4.78 is 6.47. The van der Waals surface area contributed by atoms with Gasteiger partial charge in [0.15, 0.2) is 0 Å². The van der Waals surface area contributed by atoms with E-state index in [1.165, 1.54) is 5.56 Å². The first-order valence-corrected chi connectivity index (χ1v) is 7.41. The lowest BCUT2D eigenvalue weighted by Crippen LogP contribution is -2.11. The highest BCUT2D eigenvalue weighted by molar-refractivity contribution is 9.10. The quantitative estimate of drug-likeness (QED) is 0.686. The molecule has 0 spiro atoms. The number of rotatable bonds is 2. The molecule has 0 atom stereocenters. The molecule has 0 amide bonds. The smallest absolute Gasteiger partial charge is 0.237 e. The van der Waals surface area contributed by atoms with Gasteiger partial charge in [-0.1, -0.05) is 32.9 Å². The van der Waals surface area contributed by atoms with Gasteiger partial charge in [-0.2, -0.15) is 4.98 Å². The van der Waals surface area contributed by atoms with Gasteiger partial charge in [-0.15, -0.1) is 0 Å². The third-order valence-electron chi connectivity index (χ3n) is 2.93. The van der Waals surface area contributed by atoms with Crippen molar-refractivity contribution in [2.75, 3.05) is 0 Å². The zero-order valence-corrected chi connectivity index (χ0v) is 14.2. The van der Waals surface area contributed by atoms with E-state index in [-0.39, 0.29) is 10.7 Å². The Bertz CT molecular complexity index is 638. The van der Waals surface area contributed by atoms with Crippen molar-refractivity contribution in [3.05, 3.63) is 45.3 Å². The Labute approximate surface area is 132 Å². The fraction of sp³-hybridized carbons (Fsp3) is 0.333. The predicted octanol–water partition coefficient (Wildman–Crippen LogP) is 5.29. The Balaban J connectivity index is 2.33. The Morgan fingerprint density at radius 2 is 1.95 bits per heavy atom. The van der Waals surface area contributed by atoms with E-state index < -0.39 is 0 Å². The average molecular weight is 356 g/mol. The summed E-state index contributed by atoms with van der Waals surface area (Å²) in [4.78, 5) is 7.94. The van der Waals surface area contributed by atoms with Crippen LogP contribution in [0.3, 0.4) is 0 Å². The van der Waals surface area contributed by atoms with Crippen molar-refractivity contribution in [3.8, 4) is 11.6 Å². The highest BCUT2D eigenvalue weighted by Crippen LogP contribution is 2.32. The summed E-state index contributed by atoms with van der Waals surface area (Å²) in [5, 5.41) is 0.159. The minimum absolute atomic E-state index is 0.113. The molecule has 0 aliphatic carbocycles. The third kappa shape index (κ3) is 3.49. The molecule has 3 nitrogen and oxygen atoms in total. The van der Waals surface area contributed by atoms with Crippen molar-refractivity contribution in [2.24, 2.45) is 0 Å². The van der Waals surface area contributed by atoms with Gasteiger partial charge in [0.1, 0.15) is 5.75 Å². The molecule has 0 fully saturated rings. The molecule has 0 saturated heterocycles. The minimum atomic E-state index is 0.113. The zero-order chi connectivity index (χ0) is 14.9. The van der Waals surface area contributed by atoms with Crippen molar-refractivity contribution in [3.63, 3.8) is 0 Å². The van der Waals surface area contributed by atoms with Crippen LogP contribution in [0.1, 0.15) is 31.9 Å². The molecule has 0 N–H and O–H groups in total. The highest BCUT2D eigenvalue weighted by atomic mass is 79.9. The first-order chi connectivity index (χ1) is 9.27. The van der Waals surface area contributed by atoms with Crippen molar-refractivity contribution in [1.82, 2.24) is 9.97 Å². The van der Waals surface area contributed by atoms with Crippen molar-refractivity contribution < 1.29 is 4.74 Å². The van der Waals surface area contributed by atoms with Crippen LogP contribution in [0.2, 0.25) is 5.28 Å². The standard InChI is InChI=1S/C15H16BrClN2O/c1-9-7-10(15(2,3)4)5-6-12(9)20-13-11(16)8-18-14(17)19-13/h5-8H,1-4H3.